The number of phenolic OH excluding ortho intramolecular Hbond substituents is 2. The predicted octanol–water partition coefficient (Wildman–Crippen LogP) is 5.07. The zero-order chi connectivity index (χ0) is 25.4. The molecule has 0 aliphatic heterocycles. The lowest BCUT2D eigenvalue weighted by molar-refractivity contribution is -0.384. The van der Waals surface area contributed by atoms with Gasteiger partial charge >= 0.3 is 5.69 Å². The monoisotopic (exact) mass is 473 g/mol. The number of nitro groups is 1. The second-order valence-corrected chi connectivity index (χ2v) is 8.25. The van der Waals surface area contributed by atoms with Crippen molar-refractivity contribution >= 4 is 28.3 Å². The molecule has 0 radical (unpaired) electrons. The minimum absolute atomic E-state index is 0.0185. The number of phenols is 2. The van der Waals surface area contributed by atoms with Crippen LogP contribution in [-0.4, -0.2) is 62.9 Å². The molecule has 2 aromatic rings. The van der Waals surface area contributed by atoms with Crippen LogP contribution in [0.1, 0.15) is 80.5 Å². The molecule has 0 aliphatic rings. The van der Waals surface area contributed by atoms with E-state index in [4.69, 9.17) is 0 Å². The molecule has 0 bridgehead atoms. The fourth-order valence-corrected chi connectivity index (χ4v) is 4.11. The van der Waals surface area contributed by atoms with Gasteiger partial charge in [-0.25, -0.2) is 0 Å². The number of hydrogen-bond acceptors (Lipinski definition) is 6. The largest absolute Gasteiger partial charge is 0.504 e. The molecule has 0 aromatic heterocycles. The molecular formula is C25H35N3O6. The van der Waals surface area contributed by atoms with E-state index < -0.39 is 28.0 Å². The molecule has 0 spiro atoms. The molecule has 34 heavy (non-hydrogen) atoms. The Balaban J connectivity index is 2.64. The van der Waals surface area contributed by atoms with Crippen molar-refractivity contribution in [2.75, 3.05) is 26.2 Å². The van der Waals surface area contributed by atoms with E-state index in [1.165, 1.54) is 23.1 Å². The number of fused-ring (bicyclic) bond motifs is 1. The molecule has 0 unspecified atom stereocenters. The number of carbonyl (C=O) groups excluding carboxylic acids is 2. The Morgan fingerprint density at radius 2 is 1.41 bits per heavy atom. The van der Waals surface area contributed by atoms with Crippen molar-refractivity contribution < 1.29 is 24.7 Å². The van der Waals surface area contributed by atoms with Crippen LogP contribution >= 0.6 is 0 Å². The van der Waals surface area contributed by atoms with E-state index >= 15 is 0 Å². The standard InChI is InChI=1S/C25H35N3O6/c1-5-9-10-11-12-13-27(8-4)25(32)19-14-17-15-21(29)23(30)22(28(33)34)18(17)16-20(19)24(31)26(6-2)7-3/h14-16,29-30H,5-13H2,1-4H3. The summed E-state index contributed by atoms with van der Waals surface area (Å²) in [5, 5.41) is 32.0. The Labute approximate surface area is 200 Å². The first kappa shape index (κ1) is 26.9. The van der Waals surface area contributed by atoms with Gasteiger partial charge in [0.15, 0.2) is 5.75 Å². The SMILES string of the molecule is CCCCCCCN(CC)C(=O)c1cc2cc(O)c(O)c([N+](=O)[O-])c2cc1C(=O)N(CC)CC. The van der Waals surface area contributed by atoms with Crippen molar-refractivity contribution in [3.05, 3.63) is 39.4 Å². The maximum Gasteiger partial charge on any atom is 0.322 e. The molecule has 2 amide bonds. The molecule has 2 aromatic carbocycles. The summed E-state index contributed by atoms with van der Waals surface area (Å²) < 4.78 is 0. The number of unbranched alkanes of at least 4 members (excludes halogenated alkanes) is 4. The topological polar surface area (TPSA) is 124 Å². The van der Waals surface area contributed by atoms with Gasteiger partial charge < -0.3 is 20.0 Å². The van der Waals surface area contributed by atoms with Gasteiger partial charge in [-0.3, -0.25) is 19.7 Å². The van der Waals surface area contributed by atoms with Gasteiger partial charge in [-0.2, -0.15) is 0 Å². The van der Waals surface area contributed by atoms with Crippen LogP contribution in [0.15, 0.2) is 18.2 Å². The highest BCUT2D eigenvalue weighted by molar-refractivity contribution is 6.12. The van der Waals surface area contributed by atoms with E-state index in [2.05, 4.69) is 6.92 Å². The van der Waals surface area contributed by atoms with Crippen LogP contribution in [0.3, 0.4) is 0 Å². The average Bonchev–Trinajstić information content (AvgIpc) is 2.81. The zero-order valence-electron chi connectivity index (χ0n) is 20.5. The van der Waals surface area contributed by atoms with Crippen molar-refractivity contribution in [1.29, 1.82) is 0 Å². The molecule has 9 heteroatoms. The number of benzene rings is 2. The highest BCUT2D eigenvalue weighted by Crippen LogP contribution is 2.42. The molecular weight excluding hydrogens is 438 g/mol. The summed E-state index contributed by atoms with van der Waals surface area (Å²) in [5.74, 6) is -2.30. The van der Waals surface area contributed by atoms with Crippen LogP contribution in [0.5, 0.6) is 11.5 Å². The molecule has 0 saturated carbocycles. The summed E-state index contributed by atoms with van der Waals surface area (Å²) >= 11 is 0. The summed E-state index contributed by atoms with van der Waals surface area (Å²) in [6, 6.07) is 3.86. The number of nitrogens with zero attached hydrogens (tertiary/aromatic N) is 3. The van der Waals surface area contributed by atoms with Crippen LogP contribution in [0.2, 0.25) is 0 Å². The van der Waals surface area contributed by atoms with Crippen molar-refractivity contribution in [2.45, 2.75) is 59.8 Å². The third-order valence-electron chi connectivity index (χ3n) is 6.10. The molecule has 2 rings (SSSR count). The lowest BCUT2D eigenvalue weighted by Crippen LogP contribution is -2.36. The summed E-state index contributed by atoms with van der Waals surface area (Å²) in [6.45, 7) is 9.42. The first-order chi connectivity index (χ1) is 16.2. The van der Waals surface area contributed by atoms with Gasteiger partial charge in [0.2, 0.25) is 5.75 Å². The Kier molecular flexibility index (Phi) is 9.65. The third kappa shape index (κ3) is 5.76. The molecule has 0 aliphatic carbocycles. The minimum Gasteiger partial charge on any atom is -0.504 e. The maximum atomic E-state index is 13.5. The zero-order valence-corrected chi connectivity index (χ0v) is 20.5. The first-order valence-electron chi connectivity index (χ1n) is 12.0. The number of carbonyl (C=O) groups is 2. The van der Waals surface area contributed by atoms with E-state index in [1.807, 2.05) is 20.8 Å². The Bertz CT molecular complexity index is 1050. The second kappa shape index (κ2) is 12.2. The molecule has 2 N–H and O–H groups in total. The van der Waals surface area contributed by atoms with Crippen molar-refractivity contribution in [1.82, 2.24) is 9.80 Å². The van der Waals surface area contributed by atoms with Crippen LogP contribution in [0.25, 0.3) is 10.8 Å². The summed E-state index contributed by atoms with van der Waals surface area (Å²) in [7, 11) is 0. The van der Waals surface area contributed by atoms with Gasteiger partial charge in [0.25, 0.3) is 11.8 Å². The van der Waals surface area contributed by atoms with Gasteiger partial charge in [0, 0.05) is 26.2 Å². The van der Waals surface area contributed by atoms with Gasteiger partial charge in [-0.1, -0.05) is 32.6 Å². The van der Waals surface area contributed by atoms with Gasteiger partial charge in [0.05, 0.1) is 21.4 Å². The number of nitro benzene ring substituents is 1. The van der Waals surface area contributed by atoms with E-state index in [0.717, 1.165) is 32.1 Å². The fourth-order valence-electron chi connectivity index (χ4n) is 4.11. The molecule has 0 heterocycles. The Hall–Kier alpha value is -3.36. The normalized spacial score (nSPS) is 10.9. The number of rotatable bonds is 12. The molecule has 0 fully saturated rings. The smallest absolute Gasteiger partial charge is 0.322 e. The minimum atomic E-state index is -0.875. The molecule has 9 nitrogen and oxygen atoms in total. The highest BCUT2D eigenvalue weighted by atomic mass is 16.6. The molecule has 0 atom stereocenters. The summed E-state index contributed by atoms with van der Waals surface area (Å²) in [4.78, 5) is 40.9. The first-order valence-corrected chi connectivity index (χ1v) is 12.0. The summed E-state index contributed by atoms with van der Waals surface area (Å²) in [5.41, 5.74) is -0.538. The van der Waals surface area contributed by atoms with Crippen molar-refractivity contribution in [3.8, 4) is 11.5 Å². The lowest BCUT2D eigenvalue weighted by Gasteiger charge is -2.25. The van der Waals surface area contributed by atoms with E-state index in [0.29, 0.717) is 26.2 Å². The van der Waals surface area contributed by atoms with Crippen LogP contribution in [0.4, 0.5) is 5.69 Å². The van der Waals surface area contributed by atoms with Crippen LogP contribution in [-0.2, 0) is 0 Å². The van der Waals surface area contributed by atoms with E-state index in [9.17, 15) is 29.9 Å². The highest BCUT2D eigenvalue weighted by Gasteiger charge is 2.29. The second-order valence-electron chi connectivity index (χ2n) is 8.25. The quantitative estimate of drug-likeness (QED) is 0.192. The lowest BCUT2D eigenvalue weighted by atomic mass is 9.97. The van der Waals surface area contributed by atoms with Gasteiger partial charge in [-0.15, -0.1) is 0 Å². The third-order valence-corrected chi connectivity index (χ3v) is 6.10. The number of hydrogen-bond donors (Lipinski definition) is 2. The average molecular weight is 474 g/mol. The van der Waals surface area contributed by atoms with E-state index in [1.54, 1.807) is 4.90 Å². The summed E-state index contributed by atoms with van der Waals surface area (Å²) in [6.07, 6.45) is 5.20. The number of aromatic hydroxyl groups is 2. The maximum absolute atomic E-state index is 13.5. The predicted molar refractivity (Wildman–Crippen MR) is 132 cm³/mol. The molecule has 186 valence electrons. The van der Waals surface area contributed by atoms with Crippen molar-refractivity contribution in [2.24, 2.45) is 0 Å². The number of amides is 2. The fraction of sp³-hybridized carbons (Fsp3) is 0.520. The Morgan fingerprint density at radius 3 is 1.97 bits per heavy atom. The van der Waals surface area contributed by atoms with Crippen molar-refractivity contribution in [3.63, 3.8) is 0 Å². The van der Waals surface area contributed by atoms with E-state index in [-0.39, 0.29) is 27.8 Å². The van der Waals surface area contributed by atoms with Gasteiger partial charge in [-0.05, 0) is 50.8 Å². The van der Waals surface area contributed by atoms with Crippen LogP contribution < -0.4 is 0 Å². The van der Waals surface area contributed by atoms with Gasteiger partial charge in [0.1, 0.15) is 0 Å². The Morgan fingerprint density at radius 1 is 0.853 bits per heavy atom. The van der Waals surface area contributed by atoms with Crippen LogP contribution in [0, 0.1) is 10.1 Å². The molecule has 0 saturated heterocycles.